The van der Waals surface area contributed by atoms with Crippen molar-refractivity contribution in [1.29, 1.82) is 0 Å². The Morgan fingerprint density at radius 2 is 1.52 bits per heavy atom. The number of morpholine rings is 1. The number of anilines is 1. The summed E-state index contributed by atoms with van der Waals surface area (Å²) >= 11 is 0. The van der Waals surface area contributed by atoms with Crippen LogP contribution in [0.2, 0.25) is 0 Å². The van der Waals surface area contributed by atoms with Gasteiger partial charge in [-0.25, -0.2) is 0 Å². The average Bonchev–Trinajstić information content (AvgIpc) is 3.75. The first-order valence-corrected chi connectivity index (χ1v) is 15.4. The topological polar surface area (TPSA) is 139 Å². The molecule has 5 aromatic rings. The molecule has 0 saturated carbocycles. The highest BCUT2D eigenvalue weighted by atomic mass is 16.5. The second-order valence-corrected chi connectivity index (χ2v) is 11.4. The van der Waals surface area contributed by atoms with E-state index in [0.29, 0.717) is 75.4 Å². The maximum Gasteiger partial charge on any atom is 0.324 e. The van der Waals surface area contributed by atoms with Gasteiger partial charge in [0.1, 0.15) is 30.5 Å². The SMILES string of the molecule is CC(C)c1cc(CCc2onc(C(N)=O)c2-c2noc(N3CCOCC3)n2)c(OCc2ccccc2)cc1OCc1ccccc1. The summed E-state index contributed by atoms with van der Waals surface area (Å²) in [7, 11) is 0. The lowest BCUT2D eigenvalue weighted by atomic mass is 9.96. The number of nitrogens with zero attached hydrogens (tertiary/aromatic N) is 4. The van der Waals surface area contributed by atoms with Crippen LogP contribution in [0.15, 0.2) is 81.8 Å². The summed E-state index contributed by atoms with van der Waals surface area (Å²) in [5, 5.41) is 8.13. The van der Waals surface area contributed by atoms with Gasteiger partial charge >= 0.3 is 6.01 Å². The zero-order valence-electron chi connectivity index (χ0n) is 26.0. The van der Waals surface area contributed by atoms with Crippen LogP contribution >= 0.6 is 0 Å². The quantitative estimate of drug-likeness (QED) is 0.173. The second-order valence-electron chi connectivity index (χ2n) is 11.4. The minimum absolute atomic E-state index is 0.0441. The van der Waals surface area contributed by atoms with Crippen molar-refractivity contribution in [3.05, 3.63) is 107 Å². The third-order valence-electron chi connectivity index (χ3n) is 7.83. The Hall–Kier alpha value is -5.16. The lowest BCUT2D eigenvalue weighted by molar-refractivity contribution is 0.0992. The minimum atomic E-state index is -0.739. The van der Waals surface area contributed by atoms with Crippen molar-refractivity contribution in [2.45, 2.75) is 45.8 Å². The van der Waals surface area contributed by atoms with Crippen molar-refractivity contribution in [2.24, 2.45) is 5.73 Å². The fourth-order valence-corrected chi connectivity index (χ4v) is 5.34. The van der Waals surface area contributed by atoms with E-state index in [1.54, 1.807) is 0 Å². The van der Waals surface area contributed by atoms with Gasteiger partial charge in [0.25, 0.3) is 5.91 Å². The molecule has 1 fully saturated rings. The average molecular weight is 624 g/mol. The number of hydrogen-bond donors (Lipinski definition) is 1. The summed E-state index contributed by atoms with van der Waals surface area (Å²) in [6, 6.07) is 24.5. The van der Waals surface area contributed by atoms with Gasteiger partial charge in [-0.15, -0.1) is 0 Å². The Bertz CT molecular complexity index is 1750. The third-order valence-corrected chi connectivity index (χ3v) is 7.83. The van der Waals surface area contributed by atoms with Crippen molar-refractivity contribution in [1.82, 2.24) is 15.3 Å². The van der Waals surface area contributed by atoms with E-state index >= 15 is 0 Å². The number of nitrogens with two attached hydrogens (primary N) is 1. The molecule has 0 spiro atoms. The maximum absolute atomic E-state index is 12.3. The molecule has 0 bridgehead atoms. The standard InChI is InChI=1S/C35H37N5O6/c1-23(2)27-19-26(29(43-21-24-9-5-3-6-10-24)20-30(27)44-22-25-11-7-4-8-12-25)13-14-28-31(32(33(36)41)38-45-28)34-37-35(46-39-34)40-15-17-42-18-16-40/h3-12,19-20,23H,13-18,21-22H2,1-2H3,(H2,36,41). The van der Waals surface area contributed by atoms with Crippen LogP contribution in [0.25, 0.3) is 11.4 Å². The minimum Gasteiger partial charge on any atom is -0.488 e. The molecular weight excluding hydrogens is 586 g/mol. The van der Waals surface area contributed by atoms with Gasteiger partial charge in [-0.3, -0.25) is 4.79 Å². The van der Waals surface area contributed by atoms with Crippen molar-refractivity contribution in [3.8, 4) is 22.9 Å². The molecule has 0 unspecified atom stereocenters. The van der Waals surface area contributed by atoms with E-state index in [-0.39, 0.29) is 17.4 Å². The van der Waals surface area contributed by atoms with Crippen LogP contribution in [0.3, 0.4) is 0 Å². The van der Waals surface area contributed by atoms with Gasteiger partial charge in [-0.2, -0.15) is 4.98 Å². The molecule has 0 aliphatic carbocycles. The fraction of sp³-hybridized carbons (Fsp3) is 0.314. The summed E-state index contributed by atoms with van der Waals surface area (Å²) in [4.78, 5) is 18.8. The Morgan fingerprint density at radius 3 is 2.15 bits per heavy atom. The van der Waals surface area contributed by atoms with Gasteiger partial charge in [0.2, 0.25) is 5.82 Å². The summed E-state index contributed by atoms with van der Waals surface area (Å²) in [6.45, 7) is 7.46. The first-order valence-electron chi connectivity index (χ1n) is 15.4. The molecule has 0 atom stereocenters. The van der Waals surface area contributed by atoms with Gasteiger partial charge in [-0.05, 0) is 40.7 Å². The van der Waals surface area contributed by atoms with Crippen LogP contribution in [0.4, 0.5) is 6.01 Å². The van der Waals surface area contributed by atoms with Gasteiger partial charge < -0.3 is 33.9 Å². The highest BCUT2D eigenvalue weighted by Crippen LogP contribution is 2.36. The zero-order chi connectivity index (χ0) is 31.9. The van der Waals surface area contributed by atoms with E-state index in [0.717, 1.165) is 28.0 Å². The number of hydrogen-bond acceptors (Lipinski definition) is 10. The largest absolute Gasteiger partial charge is 0.488 e. The van der Waals surface area contributed by atoms with Crippen LogP contribution in [-0.4, -0.2) is 47.5 Å². The van der Waals surface area contributed by atoms with Gasteiger partial charge in [0, 0.05) is 25.6 Å². The number of ether oxygens (including phenoxy) is 3. The summed E-state index contributed by atoms with van der Waals surface area (Å²) < 4.78 is 29.4. The zero-order valence-corrected chi connectivity index (χ0v) is 26.0. The van der Waals surface area contributed by atoms with Gasteiger partial charge in [0.15, 0.2) is 5.69 Å². The highest BCUT2D eigenvalue weighted by Gasteiger charge is 2.28. The van der Waals surface area contributed by atoms with Gasteiger partial charge in [-0.1, -0.05) is 84.8 Å². The number of aryl methyl sites for hydroxylation is 2. The van der Waals surface area contributed by atoms with E-state index in [1.165, 1.54) is 0 Å². The molecule has 1 saturated heterocycles. The molecule has 1 aliphatic rings. The lowest BCUT2D eigenvalue weighted by Crippen LogP contribution is -2.36. The molecule has 2 aromatic heterocycles. The van der Waals surface area contributed by atoms with E-state index in [4.69, 9.17) is 29.0 Å². The molecule has 46 heavy (non-hydrogen) atoms. The van der Waals surface area contributed by atoms with Crippen LogP contribution in [0.1, 0.15) is 58.3 Å². The third kappa shape index (κ3) is 7.21. The van der Waals surface area contributed by atoms with Crippen LogP contribution in [0.5, 0.6) is 11.5 Å². The van der Waals surface area contributed by atoms with Crippen molar-refractivity contribution < 1.29 is 28.1 Å². The molecule has 1 amide bonds. The van der Waals surface area contributed by atoms with Crippen LogP contribution in [0, 0.1) is 0 Å². The Kier molecular flexibility index (Phi) is 9.59. The number of rotatable bonds is 13. The monoisotopic (exact) mass is 623 g/mol. The van der Waals surface area contributed by atoms with Crippen LogP contribution in [-0.2, 0) is 30.8 Å². The molecular formula is C35H37N5O6. The van der Waals surface area contributed by atoms with E-state index in [2.05, 4.69) is 35.2 Å². The number of primary amides is 1. The maximum atomic E-state index is 12.3. The number of amides is 1. The Balaban J connectivity index is 1.30. The first kappa shape index (κ1) is 30.8. The molecule has 11 nitrogen and oxygen atoms in total. The number of aromatic nitrogens is 3. The number of benzene rings is 3. The normalized spacial score (nSPS) is 13.2. The molecule has 6 rings (SSSR count). The summed E-state index contributed by atoms with van der Waals surface area (Å²) in [6.07, 6.45) is 0.887. The molecule has 1 aliphatic heterocycles. The van der Waals surface area contributed by atoms with Crippen LogP contribution < -0.4 is 20.1 Å². The predicted octanol–water partition coefficient (Wildman–Crippen LogP) is 5.73. The van der Waals surface area contributed by atoms with E-state index < -0.39 is 5.91 Å². The van der Waals surface area contributed by atoms with Crippen molar-refractivity contribution >= 4 is 11.9 Å². The van der Waals surface area contributed by atoms with E-state index in [9.17, 15) is 4.79 Å². The molecule has 3 aromatic carbocycles. The first-order chi connectivity index (χ1) is 22.5. The number of carbonyl (C=O) groups is 1. The van der Waals surface area contributed by atoms with E-state index in [1.807, 2.05) is 71.6 Å². The predicted molar refractivity (Wildman–Crippen MR) is 171 cm³/mol. The Labute approximate surface area is 267 Å². The van der Waals surface area contributed by atoms with Gasteiger partial charge in [0.05, 0.1) is 18.8 Å². The number of carbonyl (C=O) groups excluding carboxylic acids is 1. The Morgan fingerprint density at radius 1 is 0.870 bits per heavy atom. The molecule has 238 valence electrons. The molecule has 3 heterocycles. The second kappa shape index (κ2) is 14.3. The van der Waals surface area contributed by atoms with Crippen molar-refractivity contribution in [2.75, 3.05) is 31.2 Å². The fourth-order valence-electron chi connectivity index (χ4n) is 5.34. The molecule has 11 heteroatoms. The highest BCUT2D eigenvalue weighted by molar-refractivity contribution is 5.97. The molecule has 2 N–H and O–H groups in total. The smallest absolute Gasteiger partial charge is 0.324 e. The summed E-state index contributed by atoms with van der Waals surface area (Å²) in [5.74, 6) is 1.53. The molecule has 0 radical (unpaired) electrons. The lowest BCUT2D eigenvalue weighted by Gasteiger charge is -2.24. The summed E-state index contributed by atoms with van der Waals surface area (Å²) in [5.41, 5.74) is 10.1. The van der Waals surface area contributed by atoms with Crippen molar-refractivity contribution in [3.63, 3.8) is 0 Å².